The first-order valence-electron chi connectivity index (χ1n) is 13.8. The topological polar surface area (TPSA) is 47.8 Å². The molecule has 0 unspecified atom stereocenters. The summed E-state index contributed by atoms with van der Waals surface area (Å²) in [6.45, 7) is 2.29. The Morgan fingerprint density at radius 2 is 1.24 bits per heavy atom. The van der Waals surface area contributed by atoms with Crippen molar-refractivity contribution in [2.75, 3.05) is 0 Å². The first kappa shape index (κ1) is 27.3. The van der Waals surface area contributed by atoms with Gasteiger partial charge in [0.1, 0.15) is 5.52 Å². The molecule has 1 aromatic carbocycles. The monoisotopic (exact) mass is 453 g/mol. The summed E-state index contributed by atoms with van der Waals surface area (Å²) in [5.74, 6) is 0.0273. The van der Waals surface area contributed by atoms with Crippen LogP contribution in [0.15, 0.2) is 36.4 Å². The minimum absolute atomic E-state index is 0.0273. The van der Waals surface area contributed by atoms with Crippen molar-refractivity contribution in [1.82, 2.24) is 15.0 Å². The summed E-state index contributed by atoms with van der Waals surface area (Å²) in [6, 6.07) is 7.60. The summed E-state index contributed by atoms with van der Waals surface area (Å²) < 4.78 is 1.44. The van der Waals surface area contributed by atoms with E-state index in [4.69, 9.17) is 0 Å². The molecular weight excluding hydrogens is 406 g/mol. The van der Waals surface area contributed by atoms with Crippen molar-refractivity contribution < 1.29 is 4.79 Å². The molecule has 0 amide bonds. The van der Waals surface area contributed by atoms with Gasteiger partial charge >= 0.3 is 0 Å². The van der Waals surface area contributed by atoms with E-state index in [0.717, 1.165) is 23.9 Å². The highest BCUT2D eigenvalue weighted by atomic mass is 16.2. The fraction of sp³-hybridized carbons (Fsp3) is 0.690. The van der Waals surface area contributed by atoms with Crippen molar-refractivity contribution in [2.45, 2.75) is 129 Å². The predicted molar refractivity (Wildman–Crippen MR) is 141 cm³/mol. The number of para-hydroxylation sites is 1. The average molecular weight is 454 g/mol. The summed E-state index contributed by atoms with van der Waals surface area (Å²) in [5, 5.41) is 8.05. The fourth-order valence-electron chi connectivity index (χ4n) is 4.40. The van der Waals surface area contributed by atoms with E-state index in [-0.39, 0.29) is 5.91 Å². The van der Waals surface area contributed by atoms with E-state index < -0.39 is 0 Å². The van der Waals surface area contributed by atoms with Crippen LogP contribution in [-0.2, 0) is 0 Å². The molecule has 0 aliphatic heterocycles. The van der Waals surface area contributed by atoms with Crippen LogP contribution in [0, 0.1) is 0 Å². The second kappa shape index (κ2) is 18.5. The summed E-state index contributed by atoms with van der Waals surface area (Å²) in [6.07, 6.45) is 29.2. The van der Waals surface area contributed by atoms with Crippen molar-refractivity contribution in [3.63, 3.8) is 0 Å². The molecular formula is C29H47N3O. The number of unbranched alkanes of at least 4 members (excludes halogenated alkanes) is 16. The highest BCUT2D eigenvalue weighted by molar-refractivity contribution is 5.88. The van der Waals surface area contributed by atoms with Crippen LogP contribution in [-0.4, -0.2) is 20.9 Å². The third kappa shape index (κ3) is 12.2. The van der Waals surface area contributed by atoms with Crippen LogP contribution >= 0.6 is 0 Å². The number of benzene rings is 1. The van der Waals surface area contributed by atoms with Crippen molar-refractivity contribution >= 4 is 16.9 Å². The van der Waals surface area contributed by atoms with Gasteiger partial charge in [-0.05, 0) is 37.8 Å². The largest absolute Gasteiger partial charge is 0.273 e. The van der Waals surface area contributed by atoms with Gasteiger partial charge in [0.25, 0.3) is 0 Å². The Labute approximate surface area is 202 Å². The molecule has 0 aliphatic rings. The molecule has 0 saturated carbocycles. The highest BCUT2D eigenvalue weighted by Gasteiger charge is 2.10. The number of hydrogen-bond acceptors (Lipinski definition) is 3. The van der Waals surface area contributed by atoms with Gasteiger partial charge in [-0.2, -0.15) is 4.68 Å². The Bertz CT molecular complexity index is 780. The first-order chi connectivity index (χ1) is 16.3. The fourth-order valence-corrected chi connectivity index (χ4v) is 4.40. The Morgan fingerprint density at radius 1 is 0.727 bits per heavy atom. The number of rotatable bonds is 20. The molecule has 1 aromatic heterocycles. The van der Waals surface area contributed by atoms with E-state index in [1.165, 1.54) is 107 Å². The van der Waals surface area contributed by atoms with Crippen LogP contribution in [0.2, 0.25) is 0 Å². The molecule has 0 aliphatic carbocycles. The van der Waals surface area contributed by atoms with Gasteiger partial charge in [0.05, 0.1) is 5.52 Å². The standard InChI is InChI=1S/C29H47N3O/c1-2-3-4-5-6-7-8-9-10-11-12-13-14-15-16-17-18-19-20-21-26-29(33)32-28-25-23-22-24-27(28)30-31-32/h18-19,22-25H,2-17,20-21,26H2,1H3/b19-18+. The summed E-state index contributed by atoms with van der Waals surface area (Å²) in [4.78, 5) is 12.3. The van der Waals surface area contributed by atoms with Crippen LogP contribution in [0.1, 0.15) is 134 Å². The zero-order valence-corrected chi connectivity index (χ0v) is 21.1. The number of fused-ring (bicyclic) bond motifs is 1. The number of carbonyl (C=O) groups excluding carboxylic acids is 1. The maximum absolute atomic E-state index is 12.3. The minimum atomic E-state index is 0.0273. The Morgan fingerprint density at radius 3 is 1.85 bits per heavy atom. The van der Waals surface area contributed by atoms with E-state index in [1.807, 2.05) is 24.3 Å². The van der Waals surface area contributed by atoms with E-state index in [2.05, 4.69) is 29.4 Å². The third-order valence-electron chi connectivity index (χ3n) is 6.49. The normalized spacial score (nSPS) is 11.7. The molecule has 0 saturated heterocycles. The number of nitrogens with zero attached hydrogens (tertiary/aromatic N) is 3. The van der Waals surface area contributed by atoms with E-state index in [9.17, 15) is 4.79 Å². The van der Waals surface area contributed by atoms with Gasteiger partial charge in [-0.15, -0.1) is 5.10 Å². The second-order valence-corrected chi connectivity index (χ2v) is 9.49. The van der Waals surface area contributed by atoms with Crippen LogP contribution < -0.4 is 0 Å². The molecule has 184 valence electrons. The van der Waals surface area contributed by atoms with Crippen LogP contribution in [0.25, 0.3) is 11.0 Å². The van der Waals surface area contributed by atoms with Crippen molar-refractivity contribution in [2.24, 2.45) is 0 Å². The maximum atomic E-state index is 12.3. The van der Waals surface area contributed by atoms with E-state index in [0.29, 0.717) is 6.42 Å². The lowest BCUT2D eigenvalue weighted by atomic mass is 10.0. The molecule has 4 nitrogen and oxygen atoms in total. The molecule has 33 heavy (non-hydrogen) atoms. The van der Waals surface area contributed by atoms with Gasteiger partial charge in [-0.25, -0.2) is 0 Å². The van der Waals surface area contributed by atoms with Gasteiger partial charge < -0.3 is 0 Å². The molecule has 2 rings (SSSR count). The molecule has 0 spiro atoms. The first-order valence-corrected chi connectivity index (χ1v) is 13.8. The predicted octanol–water partition coefficient (Wildman–Crippen LogP) is 9.06. The molecule has 4 heteroatoms. The highest BCUT2D eigenvalue weighted by Crippen LogP contribution is 2.14. The second-order valence-electron chi connectivity index (χ2n) is 9.49. The molecule has 0 fully saturated rings. The lowest BCUT2D eigenvalue weighted by Gasteiger charge is -2.03. The number of hydrogen-bond donors (Lipinski definition) is 0. The zero-order valence-electron chi connectivity index (χ0n) is 21.1. The van der Waals surface area contributed by atoms with Gasteiger partial charge in [0.2, 0.25) is 5.91 Å². The van der Waals surface area contributed by atoms with Crippen LogP contribution in [0.3, 0.4) is 0 Å². The summed E-state index contributed by atoms with van der Waals surface area (Å²) >= 11 is 0. The summed E-state index contributed by atoms with van der Waals surface area (Å²) in [7, 11) is 0. The van der Waals surface area contributed by atoms with Gasteiger partial charge in [-0.3, -0.25) is 4.79 Å². The van der Waals surface area contributed by atoms with E-state index in [1.54, 1.807) is 0 Å². The smallest absolute Gasteiger partial charge is 0.248 e. The SMILES string of the molecule is CCCCCCCCCCCCCCCCC/C=C/CCCC(=O)n1nnc2ccccc21. The van der Waals surface area contributed by atoms with Crippen LogP contribution in [0.5, 0.6) is 0 Å². The van der Waals surface area contributed by atoms with Gasteiger partial charge in [0, 0.05) is 6.42 Å². The number of aromatic nitrogens is 3. The minimum Gasteiger partial charge on any atom is -0.273 e. The quantitative estimate of drug-likeness (QED) is 0.148. The zero-order chi connectivity index (χ0) is 23.4. The van der Waals surface area contributed by atoms with Crippen molar-refractivity contribution in [3.05, 3.63) is 36.4 Å². The average Bonchev–Trinajstić information content (AvgIpc) is 3.27. The van der Waals surface area contributed by atoms with Crippen molar-refractivity contribution in [3.8, 4) is 0 Å². The van der Waals surface area contributed by atoms with Gasteiger partial charge in [0.15, 0.2) is 0 Å². The van der Waals surface area contributed by atoms with Crippen molar-refractivity contribution in [1.29, 1.82) is 0 Å². The molecule has 1 heterocycles. The molecule has 0 radical (unpaired) electrons. The molecule has 0 bridgehead atoms. The lowest BCUT2D eigenvalue weighted by molar-refractivity contribution is 0.0887. The molecule has 0 atom stereocenters. The maximum Gasteiger partial charge on any atom is 0.248 e. The Kier molecular flexibility index (Phi) is 15.3. The van der Waals surface area contributed by atoms with Gasteiger partial charge in [-0.1, -0.05) is 126 Å². The van der Waals surface area contributed by atoms with Crippen LogP contribution in [0.4, 0.5) is 0 Å². The number of allylic oxidation sites excluding steroid dienone is 2. The Hall–Kier alpha value is -1.97. The molecule has 0 N–H and O–H groups in total. The van der Waals surface area contributed by atoms with E-state index >= 15 is 0 Å². The Balaban J connectivity index is 1.33. The number of carbonyl (C=O) groups is 1. The third-order valence-corrected chi connectivity index (χ3v) is 6.49. The molecule has 2 aromatic rings. The summed E-state index contributed by atoms with van der Waals surface area (Å²) in [5.41, 5.74) is 1.57. The lowest BCUT2D eigenvalue weighted by Crippen LogP contribution is -2.11.